The van der Waals surface area contributed by atoms with E-state index in [1.807, 2.05) is 0 Å². The van der Waals surface area contributed by atoms with Gasteiger partial charge in [-0.2, -0.15) is 0 Å². The van der Waals surface area contributed by atoms with Crippen LogP contribution in [0.15, 0.2) is 11.8 Å². The average Bonchev–Trinajstić information content (AvgIpc) is 3.02. The van der Waals surface area contributed by atoms with Crippen molar-refractivity contribution in [2.24, 2.45) is 5.92 Å². The summed E-state index contributed by atoms with van der Waals surface area (Å²) >= 11 is 0. The molecule has 3 rings (SSSR count). The Morgan fingerprint density at radius 3 is 2.78 bits per heavy atom. The highest BCUT2D eigenvalue weighted by atomic mass is 16.5. The molecule has 2 heteroatoms. The standard InChI is InChI=1S/C16H26O2/c1-2-5-13(6-3-1)12-17-10-4-7-14-11-15-8-9-16(14)18-15/h12,14-16H,1-11H2. The van der Waals surface area contributed by atoms with Gasteiger partial charge in [0, 0.05) is 0 Å². The molecule has 2 nitrogen and oxygen atoms in total. The second-order valence-corrected chi connectivity index (χ2v) is 6.22. The molecule has 2 aliphatic heterocycles. The smallest absolute Gasteiger partial charge is 0.0873 e. The summed E-state index contributed by atoms with van der Waals surface area (Å²) in [6.07, 6.45) is 16.3. The van der Waals surface area contributed by atoms with Gasteiger partial charge >= 0.3 is 0 Å². The molecule has 3 aliphatic rings. The Balaban J connectivity index is 1.28. The third-order valence-electron chi connectivity index (χ3n) is 4.81. The summed E-state index contributed by atoms with van der Waals surface area (Å²) in [6.45, 7) is 0.900. The van der Waals surface area contributed by atoms with Crippen molar-refractivity contribution < 1.29 is 9.47 Å². The molecule has 2 saturated heterocycles. The van der Waals surface area contributed by atoms with Crippen molar-refractivity contribution in [3.05, 3.63) is 11.8 Å². The normalized spacial score (nSPS) is 34.9. The summed E-state index contributed by atoms with van der Waals surface area (Å²) in [5.74, 6) is 0.828. The fraction of sp³-hybridized carbons (Fsp3) is 0.875. The molecule has 0 spiro atoms. The molecule has 102 valence electrons. The quantitative estimate of drug-likeness (QED) is 0.538. The second-order valence-electron chi connectivity index (χ2n) is 6.22. The summed E-state index contributed by atoms with van der Waals surface area (Å²) in [5, 5.41) is 0. The maximum atomic E-state index is 5.88. The Kier molecular flexibility index (Phi) is 4.24. The van der Waals surface area contributed by atoms with Crippen LogP contribution in [0.3, 0.4) is 0 Å². The molecule has 0 aromatic carbocycles. The lowest BCUT2D eigenvalue weighted by molar-refractivity contribution is 0.0897. The van der Waals surface area contributed by atoms with E-state index in [2.05, 4.69) is 6.26 Å². The lowest BCUT2D eigenvalue weighted by Gasteiger charge is -2.18. The number of ether oxygens (including phenoxy) is 2. The first kappa shape index (κ1) is 12.5. The van der Waals surface area contributed by atoms with Gasteiger partial charge in [-0.05, 0) is 69.3 Å². The van der Waals surface area contributed by atoms with Gasteiger partial charge in [0.05, 0.1) is 25.1 Å². The fourth-order valence-corrected chi connectivity index (χ4v) is 3.78. The zero-order valence-electron chi connectivity index (χ0n) is 11.4. The summed E-state index contributed by atoms with van der Waals surface area (Å²) in [6, 6.07) is 0. The van der Waals surface area contributed by atoms with Crippen LogP contribution < -0.4 is 0 Å². The second kappa shape index (κ2) is 6.10. The van der Waals surface area contributed by atoms with Gasteiger partial charge in [-0.3, -0.25) is 0 Å². The highest BCUT2D eigenvalue weighted by Crippen LogP contribution is 2.40. The van der Waals surface area contributed by atoms with Crippen LogP contribution >= 0.6 is 0 Å². The Morgan fingerprint density at radius 2 is 2.06 bits per heavy atom. The van der Waals surface area contributed by atoms with Crippen LogP contribution in [0.2, 0.25) is 0 Å². The topological polar surface area (TPSA) is 18.5 Å². The van der Waals surface area contributed by atoms with E-state index in [1.165, 1.54) is 69.8 Å². The van der Waals surface area contributed by atoms with Crippen molar-refractivity contribution in [1.29, 1.82) is 0 Å². The summed E-state index contributed by atoms with van der Waals surface area (Å²) in [5.41, 5.74) is 1.53. The van der Waals surface area contributed by atoms with Crippen molar-refractivity contribution >= 4 is 0 Å². The summed E-state index contributed by atoms with van der Waals surface area (Å²) in [4.78, 5) is 0. The van der Waals surface area contributed by atoms with Crippen molar-refractivity contribution in [2.45, 2.75) is 76.4 Å². The molecule has 1 saturated carbocycles. The van der Waals surface area contributed by atoms with E-state index in [9.17, 15) is 0 Å². The first-order valence-electron chi connectivity index (χ1n) is 7.87. The minimum atomic E-state index is 0.590. The zero-order chi connectivity index (χ0) is 12.2. The Hall–Kier alpha value is -0.500. The van der Waals surface area contributed by atoms with Crippen LogP contribution in [0.25, 0.3) is 0 Å². The van der Waals surface area contributed by atoms with E-state index in [0.29, 0.717) is 12.2 Å². The van der Waals surface area contributed by atoms with Crippen LogP contribution in [0.1, 0.15) is 64.2 Å². The number of hydrogen-bond donors (Lipinski definition) is 0. The number of rotatable bonds is 5. The minimum Gasteiger partial charge on any atom is -0.501 e. The largest absolute Gasteiger partial charge is 0.501 e. The number of fused-ring (bicyclic) bond motifs is 2. The number of allylic oxidation sites excluding steroid dienone is 1. The van der Waals surface area contributed by atoms with Gasteiger partial charge in [-0.15, -0.1) is 0 Å². The molecule has 0 aromatic rings. The molecule has 2 bridgehead atoms. The molecular formula is C16H26O2. The average molecular weight is 250 g/mol. The van der Waals surface area contributed by atoms with Crippen LogP contribution in [-0.4, -0.2) is 18.8 Å². The van der Waals surface area contributed by atoms with E-state index in [1.54, 1.807) is 0 Å². The highest BCUT2D eigenvalue weighted by Gasteiger charge is 2.39. The van der Waals surface area contributed by atoms with Gasteiger partial charge in [-0.1, -0.05) is 6.42 Å². The van der Waals surface area contributed by atoms with Gasteiger partial charge in [0.25, 0.3) is 0 Å². The predicted molar refractivity (Wildman–Crippen MR) is 72.4 cm³/mol. The molecule has 3 fully saturated rings. The van der Waals surface area contributed by atoms with Gasteiger partial charge in [0.1, 0.15) is 0 Å². The van der Waals surface area contributed by atoms with E-state index in [0.717, 1.165) is 12.5 Å². The van der Waals surface area contributed by atoms with Crippen LogP contribution in [0.5, 0.6) is 0 Å². The predicted octanol–water partition coefficient (Wildman–Crippen LogP) is 4.20. The number of hydrogen-bond acceptors (Lipinski definition) is 2. The highest BCUT2D eigenvalue weighted by molar-refractivity contribution is 5.00. The lowest BCUT2D eigenvalue weighted by Crippen LogP contribution is -2.16. The molecular weight excluding hydrogens is 224 g/mol. The van der Waals surface area contributed by atoms with E-state index < -0.39 is 0 Å². The molecule has 18 heavy (non-hydrogen) atoms. The maximum absolute atomic E-state index is 5.88. The van der Waals surface area contributed by atoms with Crippen LogP contribution in [0, 0.1) is 5.92 Å². The van der Waals surface area contributed by atoms with E-state index in [-0.39, 0.29) is 0 Å². The van der Waals surface area contributed by atoms with Crippen molar-refractivity contribution in [3.8, 4) is 0 Å². The fourth-order valence-electron chi connectivity index (χ4n) is 3.78. The van der Waals surface area contributed by atoms with Gasteiger partial charge < -0.3 is 9.47 Å². The molecule has 0 aromatic heterocycles. The lowest BCUT2D eigenvalue weighted by atomic mass is 9.86. The summed E-state index contributed by atoms with van der Waals surface area (Å²) < 4.78 is 11.6. The third kappa shape index (κ3) is 3.09. The maximum Gasteiger partial charge on any atom is 0.0873 e. The molecule has 3 unspecified atom stereocenters. The SMILES string of the molecule is C(OCCCC1CC2CCC1O2)=C1CCCCC1. The van der Waals surface area contributed by atoms with Crippen molar-refractivity contribution in [2.75, 3.05) is 6.61 Å². The molecule has 3 atom stereocenters. The van der Waals surface area contributed by atoms with Gasteiger partial charge in [-0.25, -0.2) is 0 Å². The van der Waals surface area contributed by atoms with Crippen molar-refractivity contribution in [3.63, 3.8) is 0 Å². The van der Waals surface area contributed by atoms with Crippen LogP contribution in [-0.2, 0) is 9.47 Å². The Labute approximate surface area is 111 Å². The zero-order valence-corrected chi connectivity index (χ0v) is 11.4. The minimum absolute atomic E-state index is 0.590. The van der Waals surface area contributed by atoms with Crippen LogP contribution in [0.4, 0.5) is 0 Å². The molecule has 1 aliphatic carbocycles. The molecule has 2 heterocycles. The van der Waals surface area contributed by atoms with Gasteiger partial charge in [0.15, 0.2) is 0 Å². The van der Waals surface area contributed by atoms with E-state index >= 15 is 0 Å². The molecule has 0 N–H and O–H groups in total. The van der Waals surface area contributed by atoms with Gasteiger partial charge in [0.2, 0.25) is 0 Å². The third-order valence-corrected chi connectivity index (χ3v) is 4.81. The molecule has 0 radical (unpaired) electrons. The Bertz CT molecular complexity index is 289. The molecule has 0 amide bonds. The monoisotopic (exact) mass is 250 g/mol. The van der Waals surface area contributed by atoms with E-state index in [4.69, 9.17) is 9.47 Å². The first-order valence-corrected chi connectivity index (χ1v) is 7.87. The Morgan fingerprint density at radius 1 is 1.17 bits per heavy atom. The van der Waals surface area contributed by atoms with Crippen molar-refractivity contribution in [1.82, 2.24) is 0 Å². The first-order chi connectivity index (χ1) is 8.92. The summed E-state index contributed by atoms with van der Waals surface area (Å²) in [7, 11) is 0.